The molecule has 2 aliphatic rings. The van der Waals surface area contributed by atoms with Gasteiger partial charge in [-0.3, -0.25) is 4.98 Å². The number of hydrogen-bond acceptors (Lipinski definition) is 8. The van der Waals surface area contributed by atoms with Gasteiger partial charge in [-0.15, -0.1) is 0 Å². The number of aromatic nitrogens is 3. The average molecular weight is 527 g/mol. The molecule has 9 nitrogen and oxygen atoms in total. The summed E-state index contributed by atoms with van der Waals surface area (Å²) in [5.41, 5.74) is 3.02. The number of rotatable bonds is 5. The van der Waals surface area contributed by atoms with Crippen LogP contribution in [0.4, 0.5) is 5.69 Å². The van der Waals surface area contributed by atoms with E-state index in [4.69, 9.17) is 25.8 Å². The number of imidazole rings is 1. The molecule has 0 bridgehead atoms. The van der Waals surface area contributed by atoms with Crippen LogP contribution < -0.4 is 4.74 Å². The van der Waals surface area contributed by atoms with Gasteiger partial charge in [0.05, 0.1) is 39.3 Å². The number of aliphatic hydroxyl groups excluding tert-OH is 1. The van der Waals surface area contributed by atoms with Crippen LogP contribution in [0.15, 0.2) is 69.9 Å². The van der Waals surface area contributed by atoms with E-state index >= 15 is 0 Å². The van der Waals surface area contributed by atoms with E-state index in [0.717, 1.165) is 5.56 Å². The van der Waals surface area contributed by atoms with Crippen LogP contribution in [0.3, 0.4) is 0 Å². The van der Waals surface area contributed by atoms with Crippen LogP contribution in [0.5, 0.6) is 6.01 Å². The summed E-state index contributed by atoms with van der Waals surface area (Å²) in [7, 11) is -2.57. The third kappa shape index (κ3) is 4.35. The van der Waals surface area contributed by atoms with E-state index in [1.165, 1.54) is 0 Å². The van der Waals surface area contributed by atoms with Crippen molar-refractivity contribution in [2.24, 2.45) is 4.36 Å². The SMILES string of the molecule is CS(=O)(=Nc1ccc(-c2nc3[nH]c(O[C@@H]4CO[C@H]5[C@@H]4OC[C@H]5O)nc3cc2Cl)cc1)c1ccccc1. The molecule has 2 N–H and O–H groups in total. The van der Waals surface area contributed by atoms with Crippen molar-refractivity contribution in [1.29, 1.82) is 0 Å². The highest BCUT2D eigenvalue weighted by Gasteiger charge is 2.48. The van der Waals surface area contributed by atoms with E-state index in [9.17, 15) is 9.32 Å². The summed E-state index contributed by atoms with van der Waals surface area (Å²) in [6.07, 6.45) is -0.141. The summed E-state index contributed by atoms with van der Waals surface area (Å²) in [5.74, 6) is 0. The van der Waals surface area contributed by atoms with Gasteiger partial charge in [-0.05, 0) is 30.3 Å². The van der Waals surface area contributed by atoms with Crippen LogP contribution in [0.25, 0.3) is 22.4 Å². The predicted molar refractivity (Wildman–Crippen MR) is 135 cm³/mol. The summed E-state index contributed by atoms with van der Waals surface area (Å²) in [4.78, 5) is 12.8. The first kappa shape index (κ1) is 23.4. The molecular formula is C25H23ClN4O5S. The molecule has 36 heavy (non-hydrogen) atoms. The minimum atomic E-state index is -2.57. The highest BCUT2D eigenvalue weighted by molar-refractivity contribution is 7.93. The quantitative estimate of drug-likeness (QED) is 0.404. The largest absolute Gasteiger partial charge is 0.456 e. The van der Waals surface area contributed by atoms with Crippen LogP contribution >= 0.6 is 11.6 Å². The lowest BCUT2D eigenvalue weighted by atomic mass is 10.1. The lowest BCUT2D eigenvalue weighted by molar-refractivity contribution is 0.00706. The van der Waals surface area contributed by atoms with Crippen LogP contribution in [0, 0.1) is 0 Å². The number of pyridine rings is 1. The molecule has 11 heteroatoms. The molecule has 186 valence electrons. The number of aromatic amines is 1. The maximum absolute atomic E-state index is 13.1. The Morgan fingerprint density at radius 1 is 1.08 bits per heavy atom. The number of halogens is 1. The summed E-state index contributed by atoms with van der Waals surface area (Å²) in [5, 5.41) is 10.3. The van der Waals surface area contributed by atoms with Crippen molar-refractivity contribution >= 4 is 38.2 Å². The number of nitrogens with one attached hydrogen (secondary N) is 1. The fraction of sp³-hybridized carbons (Fsp3) is 0.280. The van der Waals surface area contributed by atoms with E-state index in [1.54, 1.807) is 24.5 Å². The molecule has 5 atom stereocenters. The number of fused-ring (bicyclic) bond motifs is 2. The molecule has 0 radical (unpaired) electrons. The zero-order valence-corrected chi connectivity index (χ0v) is 20.8. The third-order valence-corrected chi connectivity index (χ3v) is 8.24. The Bertz CT molecular complexity index is 1540. The third-order valence-electron chi connectivity index (χ3n) is 6.25. The first-order valence-corrected chi connectivity index (χ1v) is 13.7. The minimum Gasteiger partial charge on any atom is -0.456 e. The Morgan fingerprint density at radius 2 is 1.83 bits per heavy atom. The van der Waals surface area contributed by atoms with Gasteiger partial charge < -0.3 is 19.3 Å². The standard InChI is InChI=1S/C25H23ClN4O5S/c1-36(32,16-5-3-2-4-6-16)30-15-9-7-14(8-10-15)21-17(26)11-18-24(28-21)29-25(27-18)35-20-13-34-22-19(31)12-33-23(20)22/h2-11,19-20,22-23,31H,12-13H2,1H3,(H,27,28,29)/t19-,20-,22-,23-,36?/m1/s1. The minimum absolute atomic E-state index is 0.226. The number of hydrogen-bond donors (Lipinski definition) is 2. The maximum Gasteiger partial charge on any atom is 0.296 e. The van der Waals surface area contributed by atoms with Crippen molar-refractivity contribution < 1.29 is 23.5 Å². The molecule has 0 saturated carbocycles. The second kappa shape index (κ2) is 9.13. The molecule has 2 aliphatic heterocycles. The van der Waals surface area contributed by atoms with E-state index in [0.29, 0.717) is 39.1 Å². The first-order valence-electron chi connectivity index (χ1n) is 11.4. The lowest BCUT2D eigenvalue weighted by Crippen LogP contribution is -2.34. The van der Waals surface area contributed by atoms with Crippen molar-refractivity contribution in [1.82, 2.24) is 15.0 Å². The molecule has 0 aliphatic carbocycles. The molecular weight excluding hydrogens is 504 g/mol. The van der Waals surface area contributed by atoms with Crippen molar-refractivity contribution in [3.63, 3.8) is 0 Å². The zero-order valence-electron chi connectivity index (χ0n) is 19.2. The van der Waals surface area contributed by atoms with E-state index in [2.05, 4.69) is 19.3 Å². The smallest absolute Gasteiger partial charge is 0.296 e. The molecule has 2 aromatic heterocycles. The van der Waals surface area contributed by atoms with Crippen molar-refractivity contribution in [2.45, 2.75) is 29.3 Å². The van der Waals surface area contributed by atoms with Gasteiger partial charge in [0.2, 0.25) is 0 Å². The highest BCUT2D eigenvalue weighted by atomic mass is 35.5. The summed E-state index contributed by atoms with van der Waals surface area (Å²) in [6.45, 7) is 0.526. The van der Waals surface area contributed by atoms with Gasteiger partial charge in [0.1, 0.15) is 23.8 Å². The van der Waals surface area contributed by atoms with Crippen LogP contribution in [0.1, 0.15) is 0 Å². The van der Waals surface area contributed by atoms with Crippen LogP contribution in [-0.2, 0) is 19.2 Å². The Hall–Kier alpha value is -3.02. The Morgan fingerprint density at radius 3 is 2.61 bits per heavy atom. The molecule has 1 unspecified atom stereocenters. The van der Waals surface area contributed by atoms with Gasteiger partial charge in [0, 0.05) is 16.7 Å². The fourth-order valence-corrected chi connectivity index (χ4v) is 5.99. The van der Waals surface area contributed by atoms with Crippen LogP contribution in [0.2, 0.25) is 5.02 Å². The molecule has 2 fully saturated rings. The Kier molecular flexibility index (Phi) is 5.93. The normalized spacial score (nSPS) is 25.0. The van der Waals surface area contributed by atoms with Gasteiger partial charge in [-0.25, -0.2) is 9.19 Å². The van der Waals surface area contributed by atoms with Crippen molar-refractivity contribution in [3.8, 4) is 17.3 Å². The molecule has 2 saturated heterocycles. The highest BCUT2D eigenvalue weighted by Crippen LogP contribution is 2.33. The predicted octanol–water partition coefficient (Wildman–Crippen LogP) is 3.97. The van der Waals surface area contributed by atoms with Gasteiger partial charge in [-0.1, -0.05) is 41.9 Å². The molecule has 0 amide bonds. The van der Waals surface area contributed by atoms with E-state index in [-0.39, 0.29) is 30.9 Å². The molecule has 2 aromatic carbocycles. The Labute approximate surface area is 212 Å². The van der Waals surface area contributed by atoms with Gasteiger partial charge in [0.15, 0.2) is 11.8 Å². The molecule has 4 aromatic rings. The van der Waals surface area contributed by atoms with Gasteiger partial charge >= 0.3 is 0 Å². The monoisotopic (exact) mass is 526 g/mol. The number of nitrogens with zero attached hydrogens (tertiary/aromatic N) is 3. The van der Waals surface area contributed by atoms with Gasteiger partial charge in [0.25, 0.3) is 6.01 Å². The second-order valence-electron chi connectivity index (χ2n) is 8.80. The summed E-state index contributed by atoms with van der Waals surface area (Å²) >= 11 is 6.54. The van der Waals surface area contributed by atoms with Crippen molar-refractivity contribution in [2.75, 3.05) is 19.5 Å². The van der Waals surface area contributed by atoms with E-state index < -0.39 is 15.8 Å². The lowest BCUT2D eigenvalue weighted by Gasteiger charge is -2.15. The Balaban J connectivity index is 1.24. The van der Waals surface area contributed by atoms with Crippen LogP contribution in [-0.4, -0.2) is 68.2 Å². The average Bonchev–Trinajstić information content (AvgIpc) is 3.56. The fourth-order valence-electron chi connectivity index (χ4n) is 4.45. The first-order chi connectivity index (χ1) is 17.4. The topological polar surface area (TPSA) is 119 Å². The maximum atomic E-state index is 13.1. The van der Waals surface area contributed by atoms with Gasteiger partial charge in [-0.2, -0.15) is 9.35 Å². The number of ether oxygens (including phenoxy) is 3. The second-order valence-corrected chi connectivity index (χ2v) is 11.5. The van der Waals surface area contributed by atoms with E-state index in [1.807, 2.05) is 42.5 Å². The zero-order chi connectivity index (χ0) is 24.9. The molecule has 6 rings (SSSR count). The summed E-state index contributed by atoms with van der Waals surface area (Å²) < 4.78 is 34.7. The molecule has 0 spiro atoms. The molecule has 4 heterocycles. The number of H-pyrrole nitrogens is 1. The number of aliphatic hydroxyl groups is 1. The van der Waals surface area contributed by atoms with Crippen molar-refractivity contribution in [3.05, 3.63) is 65.7 Å². The number of benzene rings is 2. The summed E-state index contributed by atoms with van der Waals surface area (Å²) in [6, 6.07) is 18.4.